The Labute approximate surface area is 198 Å². The van der Waals surface area contributed by atoms with Gasteiger partial charge in [-0.2, -0.15) is 0 Å². The number of benzene rings is 3. The fraction of sp³-hybridized carbons (Fsp3) is 0.0909. The van der Waals surface area contributed by atoms with Gasteiger partial charge >= 0.3 is 5.69 Å². The van der Waals surface area contributed by atoms with Crippen LogP contribution in [0.15, 0.2) is 60.9 Å². The van der Waals surface area contributed by atoms with Gasteiger partial charge in [0.05, 0.1) is 17.7 Å². The van der Waals surface area contributed by atoms with Crippen molar-refractivity contribution in [3.63, 3.8) is 0 Å². The van der Waals surface area contributed by atoms with E-state index in [4.69, 9.17) is 21.1 Å². The van der Waals surface area contributed by atoms with Gasteiger partial charge in [-0.25, -0.2) is 4.68 Å². The Kier molecular flexibility index (Phi) is 6.37. The Morgan fingerprint density at radius 3 is 2.62 bits per heavy atom. The van der Waals surface area contributed by atoms with Gasteiger partial charge in [0.2, 0.25) is 5.75 Å². The number of nitrogens with zero attached hydrogens (tertiary/aromatic N) is 5. The summed E-state index contributed by atoms with van der Waals surface area (Å²) in [7, 11) is 1.40. The first-order valence-electron chi connectivity index (χ1n) is 9.81. The molecule has 0 saturated carbocycles. The number of carbonyl (C=O) groups is 1. The third-order valence-corrected chi connectivity index (χ3v) is 5.15. The number of nitro benzene ring substituents is 1. The molecule has 12 heteroatoms. The topological polar surface area (TPSA) is 134 Å². The molecule has 4 rings (SSSR count). The van der Waals surface area contributed by atoms with E-state index in [0.29, 0.717) is 16.9 Å². The van der Waals surface area contributed by atoms with Crippen molar-refractivity contribution in [2.24, 2.45) is 0 Å². The fourth-order valence-electron chi connectivity index (χ4n) is 3.20. The lowest BCUT2D eigenvalue weighted by Crippen LogP contribution is -2.14. The summed E-state index contributed by atoms with van der Waals surface area (Å²) in [6, 6.07) is 13.9. The molecule has 0 aliphatic heterocycles. The van der Waals surface area contributed by atoms with Gasteiger partial charge in [0.1, 0.15) is 6.33 Å². The minimum absolute atomic E-state index is 0.0139. The maximum atomic E-state index is 12.9. The van der Waals surface area contributed by atoms with Crippen molar-refractivity contribution in [3.8, 4) is 22.9 Å². The summed E-state index contributed by atoms with van der Waals surface area (Å²) in [5.74, 6) is 0.0108. The molecule has 0 unspecified atom stereocenters. The molecule has 0 spiro atoms. The minimum atomic E-state index is -0.596. The maximum Gasteiger partial charge on any atom is 0.313 e. The molecule has 11 nitrogen and oxygen atoms in total. The quantitative estimate of drug-likeness (QED) is 0.300. The molecule has 1 N–H and O–H groups in total. The van der Waals surface area contributed by atoms with Crippen molar-refractivity contribution in [2.45, 2.75) is 6.92 Å². The third-order valence-electron chi connectivity index (χ3n) is 4.91. The molecule has 0 bridgehead atoms. The number of halogens is 1. The number of nitrogens with one attached hydrogen (secondary N) is 1. The predicted molar refractivity (Wildman–Crippen MR) is 123 cm³/mol. The van der Waals surface area contributed by atoms with Crippen molar-refractivity contribution in [1.82, 2.24) is 20.2 Å². The van der Waals surface area contributed by atoms with E-state index in [2.05, 4.69) is 20.8 Å². The Bertz CT molecular complexity index is 1380. The lowest BCUT2D eigenvalue weighted by Gasteiger charge is -2.14. The molecule has 3 aromatic carbocycles. The molecule has 1 heterocycles. The van der Waals surface area contributed by atoms with Gasteiger partial charge in [-0.15, -0.1) is 5.10 Å². The molecule has 0 aliphatic rings. The molecule has 1 aromatic heterocycles. The molecule has 0 radical (unpaired) electrons. The van der Waals surface area contributed by atoms with Crippen molar-refractivity contribution >= 4 is 28.9 Å². The van der Waals surface area contributed by atoms with Crippen molar-refractivity contribution in [3.05, 3.63) is 87.2 Å². The molecule has 0 fully saturated rings. The van der Waals surface area contributed by atoms with E-state index >= 15 is 0 Å². The Balaban J connectivity index is 1.58. The van der Waals surface area contributed by atoms with Crippen LogP contribution in [-0.2, 0) is 0 Å². The number of ether oxygens (including phenoxy) is 2. The van der Waals surface area contributed by atoms with E-state index in [1.54, 1.807) is 12.1 Å². The van der Waals surface area contributed by atoms with Crippen molar-refractivity contribution in [1.29, 1.82) is 0 Å². The van der Waals surface area contributed by atoms with E-state index in [-0.39, 0.29) is 33.9 Å². The predicted octanol–water partition coefficient (Wildman–Crippen LogP) is 4.59. The lowest BCUT2D eigenvalue weighted by molar-refractivity contribution is -0.385. The summed E-state index contributed by atoms with van der Waals surface area (Å²) in [5.41, 5.74) is 2.06. The van der Waals surface area contributed by atoms with E-state index in [1.807, 2.05) is 13.0 Å². The summed E-state index contributed by atoms with van der Waals surface area (Å²) in [5, 5.41) is 25.5. The molecule has 0 aliphatic carbocycles. The maximum absolute atomic E-state index is 12.9. The highest BCUT2D eigenvalue weighted by atomic mass is 35.5. The van der Waals surface area contributed by atoms with Crippen LogP contribution < -0.4 is 14.8 Å². The average Bonchev–Trinajstić information content (AvgIpc) is 3.36. The number of rotatable bonds is 7. The van der Waals surface area contributed by atoms with Crippen LogP contribution in [0.2, 0.25) is 5.02 Å². The van der Waals surface area contributed by atoms with E-state index < -0.39 is 4.92 Å². The zero-order valence-corrected chi connectivity index (χ0v) is 18.7. The number of aromatic nitrogens is 4. The average molecular weight is 481 g/mol. The summed E-state index contributed by atoms with van der Waals surface area (Å²) in [6.45, 7) is 1.84. The first kappa shape index (κ1) is 22.7. The van der Waals surface area contributed by atoms with Gasteiger partial charge in [-0.05, 0) is 65.4 Å². The van der Waals surface area contributed by atoms with Crippen LogP contribution in [0.3, 0.4) is 0 Å². The number of amides is 1. The SMILES string of the molecule is COc1cc(C(=O)Nc2cccc(-n3cnnn3)c2C)ccc1Oc1ccc(Cl)cc1[N+](=O)[O-]. The first-order chi connectivity index (χ1) is 16.4. The molecular weight excluding hydrogens is 464 g/mol. The van der Waals surface area contributed by atoms with Crippen LogP contribution in [0.25, 0.3) is 5.69 Å². The number of nitro groups is 1. The highest BCUT2D eigenvalue weighted by Gasteiger charge is 2.19. The van der Waals surface area contributed by atoms with Crippen molar-refractivity contribution in [2.75, 3.05) is 12.4 Å². The summed E-state index contributed by atoms with van der Waals surface area (Å²) in [4.78, 5) is 23.7. The summed E-state index contributed by atoms with van der Waals surface area (Å²) >= 11 is 5.85. The standard InChI is InChI=1S/C22H17ClN6O5/c1-13-16(4-3-5-17(13)28-12-24-26-27-28)25-22(30)14-6-8-20(21(10-14)33-2)34-19-9-7-15(23)11-18(19)29(31)32/h3-12H,1-2H3,(H,25,30). The van der Waals surface area contributed by atoms with Gasteiger partial charge in [-0.1, -0.05) is 17.7 Å². The number of hydrogen-bond acceptors (Lipinski definition) is 8. The lowest BCUT2D eigenvalue weighted by atomic mass is 10.1. The molecule has 0 atom stereocenters. The fourth-order valence-corrected chi connectivity index (χ4v) is 3.37. The number of anilines is 1. The van der Waals surface area contributed by atoms with Crippen LogP contribution >= 0.6 is 11.6 Å². The molecule has 34 heavy (non-hydrogen) atoms. The Morgan fingerprint density at radius 1 is 1.12 bits per heavy atom. The molecule has 0 saturated heterocycles. The summed E-state index contributed by atoms with van der Waals surface area (Å²) < 4.78 is 12.5. The van der Waals surface area contributed by atoms with Crippen molar-refractivity contribution < 1.29 is 19.2 Å². The zero-order valence-electron chi connectivity index (χ0n) is 17.9. The second-order valence-electron chi connectivity index (χ2n) is 7.00. The highest BCUT2D eigenvalue weighted by Crippen LogP contribution is 2.38. The van der Waals surface area contributed by atoms with E-state index in [1.165, 1.54) is 54.5 Å². The largest absolute Gasteiger partial charge is 0.493 e. The van der Waals surface area contributed by atoms with Crippen LogP contribution in [-0.4, -0.2) is 38.1 Å². The monoisotopic (exact) mass is 480 g/mol. The number of carbonyl (C=O) groups excluding carboxylic acids is 1. The normalized spacial score (nSPS) is 10.6. The summed E-state index contributed by atoms with van der Waals surface area (Å²) in [6.07, 6.45) is 1.46. The van der Waals surface area contributed by atoms with Crippen LogP contribution in [0, 0.1) is 17.0 Å². The smallest absolute Gasteiger partial charge is 0.313 e. The second kappa shape index (κ2) is 9.55. The highest BCUT2D eigenvalue weighted by molar-refractivity contribution is 6.30. The molecule has 172 valence electrons. The Hall–Kier alpha value is -4.51. The second-order valence-corrected chi connectivity index (χ2v) is 7.43. The van der Waals surface area contributed by atoms with E-state index in [9.17, 15) is 14.9 Å². The first-order valence-corrected chi connectivity index (χ1v) is 10.2. The number of tetrazole rings is 1. The van der Waals surface area contributed by atoms with Crippen LogP contribution in [0.4, 0.5) is 11.4 Å². The van der Waals surface area contributed by atoms with Gasteiger partial charge in [0, 0.05) is 22.3 Å². The van der Waals surface area contributed by atoms with Gasteiger partial charge in [0.25, 0.3) is 5.91 Å². The number of hydrogen-bond donors (Lipinski definition) is 1. The molecule has 4 aromatic rings. The van der Waals surface area contributed by atoms with Gasteiger partial charge in [-0.3, -0.25) is 14.9 Å². The number of methoxy groups -OCH3 is 1. The van der Waals surface area contributed by atoms with Crippen LogP contribution in [0.5, 0.6) is 17.2 Å². The van der Waals surface area contributed by atoms with E-state index in [0.717, 1.165) is 5.56 Å². The Morgan fingerprint density at radius 2 is 1.91 bits per heavy atom. The van der Waals surface area contributed by atoms with Crippen LogP contribution in [0.1, 0.15) is 15.9 Å². The van der Waals surface area contributed by atoms with Gasteiger partial charge in [0.15, 0.2) is 11.5 Å². The molecule has 1 amide bonds. The minimum Gasteiger partial charge on any atom is -0.493 e. The van der Waals surface area contributed by atoms with Gasteiger partial charge < -0.3 is 14.8 Å². The third kappa shape index (κ3) is 4.64. The molecular formula is C22H17ClN6O5. The zero-order chi connectivity index (χ0) is 24.2.